The third kappa shape index (κ3) is 3.33. The second-order valence-electron chi connectivity index (χ2n) is 7.53. The van der Waals surface area contributed by atoms with Gasteiger partial charge in [-0.1, -0.05) is 11.6 Å². The molecule has 30 heavy (non-hydrogen) atoms. The Bertz CT molecular complexity index is 1260. The monoisotopic (exact) mass is 440 g/mol. The number of methoxy groups -OCH3 is 1. The van der Waals surface area contributed by atoms with Gasteiger partial charge in [-0.2, -0.15) is 0 Å². The lowest BCUT2D eigenvalue weighted by atomic mass is 10.2. The first kappa shape index (κ1) is 19.4. The number of anilines is 2. The van der Waals surface area contributed by atoms with Crippen LogP contribution in [0.25, 0.3) is 21.1 Å². The topological polar surface area (TPSA) is 70.2 Å². The van der Waals surface area contributed by atoms with Crippen molar-refractivity contribution in [3.8, 4) is 0 Å². The van der Waals surface area contributed by atoms with Crippen LogP contribution in [0.3, 0.4) is 0 Å². The van der Waals surface area contributed by atoms with E-state index in [0.717, 1.165) is 56.2 Å². The summed E-state index contributed by atoms with van der Waals surface area (Å²) in [7, 11) is 1.69. The standard InChI is InChI=1S/C22H21ClN4O2S/c1-12-20(23)15-9-13(3-4-16(15)25-12)26-17-5-7-24-18-10-19(30-21(17)18)22(28)27-8-6-14(11-27)29-2/h3-5,7,9-10,14,25H,6,8,11H2,1-2H3,(H,24,26)/t14-/m1/s1. The van der Waals surface area contributed by atoms with Crippen LogP contribution in [-0.2, 0) is 4.74 Å². The molecule has 0 spiro atoms. The first-order chi connectivity index (χ1) is 14.5. The van der Waals surface area contributed by atoms with Crippen LogP contribution < -0.4 is 5.32 Å². The highest BCUT2D eigenvalue weighted by Gasteiger charge is 2.28. The van der Waals surface area contributed by atoms with E-state index in [0.29, 0.717) is 11.4 Å². The minimum Gasteiger partial charge on any atom is -0.380 e. The zero-order valence-electron chi connectivity index (χ0n) is 16.7. The number of rotatable bonds is 4. The summed E-state index contributed by atoms with van der Waals surface area (Å²) in [6.07, 6.45) is 2.76. The van der Waals surface area contributed by atoms with Crippen LogP contribution in [-0.4, -0.2) is 47.1 Å². The summed E-state index contributed by atoms with van der Waals surface area (Å²) in [5.74, 6) is 0.0412. The third-order valence-corrected chi connectivity index (χ3v) is 7.21. The largest absolute Gasteiger partial charge is 0.380 e. The molecule has 2 N–H and O–H groups in total. The molecule has 4 heterocycles. The van der Waals surface area contributed by atoms with Gasteiger partial charge >= 0.3 is 0 Å². The third-order valence-electron chi connectivity index (χ3n) is 5.57. The predicted molar refractivity (Wildman–Crippen MR) is 122 cm³/mol. The van der Waals surface area contributed by atoms with Gasteiger partial charge in [0, 0.05) is 48.7 Å². The number of benzene rings is 1. The van der Waals surface area contributed by atoms with Crippen molar-refractivity contribution in [3.05, 3.63) is 52.1 Å². The van der Waals surface area contributed by atoms with E-state index < -0.39 is 0 Å². The zero-order chi connectivity index (χ0) is 20.8. The lowest BCUT2D eigenvalue weighted by Gasteiger charge is -2.14. The Morgan fingerprint density at radius 1 is 1.37 bits per heavy atom. The minimum absolute atomic E-state index is 0.0412. The van der Waals surface area contributed by atoms with E-state index >= 15 is 0 Å². The number of fused-ring (bicyclic) bond motifs is 2. The Hall–Kier alpha value is -2.61. The molecular weight excluding hydrogens is 420 g/mol. The summed E-state index contributed by atoms with van der Waals surface area (Å²) >= 11 is 7.88. The van der Waals surface area contributed by atoms with E-state index in [1.54, 1.807) is 13.3 Å². The number of carbonyl (C=O) groups is 1. The Labute approximate surface area is 182 Å². The number of hydrogen-bond donors (Lipinski definition) is 2. The maximum atomic E-state index is 12.9. The number of aromatic amines is 1. The van der Waals surface area contributed by atoms with Gasteiger partial charge in [-0.25, -0.2) is 0 Å². The summed E-state index contributed by atoms with van der Waals surface area (Å²) in [5, 5.41) is 5.18. The number of nitrogens with one attached hydrogen (secondary N) is 2. The molecule has 3 aromatic heterocycles. The summed E-state index contributed by atoms with van der Waals surface area (Å²) in [6.45, 7) is 3.32. The van der Waals surface area contributed by atoms with Gasteiger partial charge in [0.25, 0.3) is 5.91 Å². The second kappa shape index (κ2) is 7.58. The number of carbonyl (C=O) groups excluding carboxylic acids is 1. The quantitative estimate of drug-likeness (QED) is 0.449. The van der Waals surface area contributed by atoms with Crippen molar-refractivity contribution in [3.63, 3.8) is 0 Å². The van der Waals surface area contributed by atoms with E-state index in [-0.39, 0.29) is 12.0 Å². The number of pyridine rings is 1. The van der Waals surface area contributed by atoms with Crippen molar-refractivity contribution in [2.24, 2.45) is 0 Å². The molecule has 1 fully saturated rings. The van der Waals surface area contributed by atoms with Gasteiger partial charge in [0.2, 0.25) is 0 Å². The summed E-state index contributed by atoms with van der Waals surface area (Å²) in [5.41, 5.74) is 4.62. The maximum absolute atomic E-state index is 12.9. The van der Waals surface area contributed by atoms with E-state index in [2.05, 4.69) is 15.3 Å². The zero-order valence-corrected chi connectivity index (χ0v) is 18.2. The van der Waals surface area contributed by atoms with Crippen LogP contribution in [0.15, 0.2) is 36.5 Å². The van der Waals surface area contributed by atoms with Gasteiger partial charge in [0.05, 0.1) is 31.9 Å². The first-order valence-electron chi connectivity index (χ1n) is 9.79. The molecule has 1 saturated heterocycles. The number of halogens is 1. The van der Waals surface area contributed by atoms with E-state index in [1.165, 1.54) is 11.3 Å². The molecule has 0 unspecified atom stereocenters. The van der Waals surface area contributed by atoms with Crippen molar-refractivity contribution in [1.29, 1.82) is 0 Å². The van der Waals surface area contributed by atoms with Gasteiger partial charge in [-0.15, -0.1) is 11.3 Å². The molecule has 154 valence electrons. The molecule has 8 heteroatoms. The molecule has 1 aliphatic heterocycles. The molecule has 4 aromatic rings. The van der Waals surface area contributed by atoms with Crippen molar-refractivity contribution >= 4 is 61.3 Å². The normalized spacial score (nSPS) is 16.6. The minimum atomic E-state index is 0.0412. The van der Waals surface area contributed by atoms with Crippen LogP contribution in [0.5, 0.6) is 0 Å². The number of thiophene rings is 1. The van der Waals surface area contributed by atoms with E-state index in [9.17, 15) is 4.79 Å². The van der Waals surface area contributed by atoms with Crippen LogP contribution in [0.1, 0.15) is 21.8 Å². The van der Waals surface area contributed by atoms with E-state index in [1.807, 2.05) is 42.2 Å². The van der Waals surface area contributed by atoms with Gasteiger partial charge in [-0.05, 0) is 43.7 Å². The Kier molecular flexibility index (Phi) is 4.89. The average molecular weight is 441 g/mol. The van der Waals surface area contributed by atoms with Gasteiger partial charge in [0.1, 0.15) is 0 Å². The summed E-state index contributed by atoms with van der Waals surface area (Å²) < 4.78 is 6.35. The molecule has 0 aliphatic carbocycles. The smallest absolute Gasteiger partial charge is 0.264 e. The second-order valence-corrected chi connectivity index (χ2v) is 8.96. The number of aromatic nitrogens is 2. The summed E-state index contributed by atoms with van der Waals surface area (Å²) in [4.78, 5) is 23.2. The molecular formula is C22H21ClN4O2S. The van der Waals surface area contributed by atoms with Crippen molar-refractivity contribution in [2.75, 3.05) is 25.5 Å². The van der Waals surface area contributed by atoms with Gasteiger partial charge < -0.3 is 19.9 Å². The maximum Gasteiger partial charge on any atom is 0.264 e. The molecule has 5 rings (SSSR count). The predicted octanol–water partition coefficient (Wildman–Crippen LogP) is 5.34. The number of aryl methyl sites for hydroxylation is 1. The molecule has 0 bridgehead atoms. The Morgan fingerprint density at radius 2 is 2.23 bits per heavy atom. The molecule has 1 aliphatic rings. The Balaban J connectivity index is 1.45. The highest BCUT2D eigenvalue weighted by atomic mass is 35.5. The van der Waals surface area contributed by atoms with Crippen LogP contribution in [0, 0.1) is 6.92 Å². The number of likely N-dealkylation sites (tertiary alicyclic amines) is 1. The number of hydrogen-bond acceptors (Lipinski definition) is 5. The van der Waals surface area contributed by atoms with Crippen LogP contribution in [0.4, 0.5) is 11.4 Å². The van der Waals surface area contributed by atoms with Crippen molar-refractivity contribution in [2.45, 2.75) is 19.4 Å². The molecule has 1 atom stereocenters. The fourth-order valence-electron chi connectivity index (χ4n) is 3.93. The molecule has 6 nitrogen and oxygen atoms in total. The first-order valence-corrected chi connectivity index (χ1v) is 11.0. The summed E-state index contributed by atoms with van der Waals surface area (Å²) in [6, 6.07) is 9.86. The lowest BCUT2D eigenvalue weighted by Crippen LogP contribution is -2.29. The Morgan fingerprint density at radius 3 is 3.03 bits per heavy atom. The fourth-order valence-corrected chi connectivity index (χ4v) is 5.19. The highest BCUT2D eigenvalue weighted by molar-refractivity contribution is 7.21. The number of amides is 1. The van der Waals surface area contributed by atoms with Crippen LogP contribution >= 0.6 is 22.9 Å². The highest BCUT2D eigenvalue weighted by Crippen LogP contribution is 2.35. The molecule has 0 radical (unpaired) electrons. The molecule has 1 amide bonds. The molecule has 1 aromatic carbocycles. The van der Waals surface area contributed by atoms with Crippen molar-refractivity contribution in [1.82, 2.24) is 14.9 Å². The number of H-pyrrole nitrogens is 1. The average Bonchev–Trinajstić information content (AvgIpc) is 3.46. The molecule has 0 saturated carbocycles. The number of ether oxygens (including phenoxy) is 1. The fraction of sp³-hybridized carbons (Fsp3) is 0.273. The number of nitrogens with zero attached hydrogens (tertiary/aromatic N) is 2. The van der Waals surface area contributed by atoms with Gasteiger partial charge in [0.15, 0.2) is 0 Å². The van der Waals surface area contributed by atoms with Crippen LogP contribution in [0.2, 0.25) is 5.02 Å². The van der Waals surface area contributed by atoms with Crippen molar-refractivity contribution < 1.29 is 9.53 Å². The van der Waals surface area contributed by atoms with E-state index in [4.69, 9.17) is 16.3 Å². The lowest BCUT2D eigenvalue weighted by molar-refractivity contribution is 0.0728. The van der Waals surface area contributed by atoms with Gasteiger partial charge in [-0.3, -0.25) is 9.78 Å². The SMILES string of the molecule is CO[C@@H]1CCN(C(=O)c2cc3nccc(Nc4ccc5[nH]c(C)c(Cl)c5c4)c3s2)C1.